The smallest absolute Gasteiger partial charge is 0.214 e. The normalized spacial score (nSPS) is 23.0. The lowest BCUT2D eigenvalue weighted by Gasteiger charge is -2.32. The van der Waals surface area contributed by atoms with E-state index in [4.69, 9.17) is 0 Å². The van der Waals surface area contributed by atoms with Gasteiger partial charge in [0.05, 0.1) is 0 Å². The molecule has 1 saturated heterocycles. The summed E-state index contributed by atoms with van der Waals surface area (Å²) in [5, 5.41) is 0.818. The van der Waals surface area contributed by atoms with Crippen molar-refractivity contribution in [2.45, 2.75) is 19.1 Å². The van der Waals surface area contributed by atoms with Crippen LogP contribution in [0.5, 0.6) is 0 Å². The molecule has 0 bridgehead atoms. The van der Waals surface area contributed by atoms with Crippen LogP contribution in [-0.2, 0) is 0 Å². The van der Waals surface area contributed by atoms with Crippen molar-refractivity contribution in [3.63, 3.8) is 0 Å². The van der Waals surface area contributed by atoms with Gasteiger partial charge in [0, 0.05) is 18.4 Å². The molecule has 5 heteroatoms. The van der Waals surface area contributed by atoms with Crippen LogP contribution >= 0.6 is 15.9 Å². The van der Waals surface area contributed by atoms with Gasteiger partial charge in [-0.15, -0.1) is 0 Å². The zero-order valence-corrected chi connectivity index (χ0v) is 8.16. The van der Waals surface area contributed by atoms with Crippen LogP contribution < -0.4 is 0 Å². The van der Waals surface area contributed by atoms with Gasteiger partial charge in [-0.2, -0.15) is 13.2 Å². The molecule has 1 aliphatic heterocycles. The Labute approximate surface area is 78.0 Å². The zero-order chi connectivity index (χ0) is 9.19. The fraction of sp³-hybridized carbons (Fsp3) is 1.00. The Hall–Kier alpha value is 0.230. The van der Waals surface area contributed by atoms with E-state index < -0.39 is 6.30 Å². The molecular formula is C7H11BrF3N. The molecule has 0 aromatic heterocycles. The first-order chi connectivity index (χ1) is 5.54. The van der Waals surface area contributed by atoms with Gasteiger partial charge in [-0.1, -0.05) is 15.9 Å². The lowest BCUT2D eigenvalue weighted by atomic mass is 10.00. The van der Waals surface area contributed by atoms with Crippen LogP contribution in [0.1, 0.15) is 12.8 Å². The minimum atomic E-state index is -4.13. The van der Waals surface area contributed by atoms with Gasteiger partial charge < -0.3 is 0 Å². The minimum Gasteiger partial charge on any atom is -0.214 e. The van der Waals surface area contributed by atoms with Crippen molar-refractivity contribution in [1.29, 1.82) is 0 Å². The Balaban J connectivity index is 2.36. The third-order valence-corrected chi connectivity index (χ3v) is 3.11. The van der Waals surface area contributed by atoms with E-state index in [2.05, 4.69) is 15.9 Å². The van der Waals surface area contributed by atoms with E-state index in [-0.39, 0.29) is 13.1 Å². The topological polar surface area (TPSA) is 3.24 Å². The van der Waals surface area contributed by atoms with Gasteiger partial charge in [0.1, 0.15) is 0 Å². The summed E-state index contributed by atoms with van der Waals surface area (Å²) in [4.78, 5) is 0.589. The van der Waals surface area contributed by atoms with E-state index in [0.29, 0.717) is 23.7 Å². The second-order valence-electron chi connectivity index (χ2n) is 3.05. The van der Waals surface area contributed by atoms with Crippen molar-refractivity contribution >= 4 is 15.9 Å². The van der Waals surface area contributed by atoms with Crippen LogP contribution in [0.3, 0.4) is 0 Å². The number of hydrogen-bond donors (Lipinski definition) is 0. The molecular weight excluding hydrogens is 235 g/mol. The van der Waals surface area contributed by atoms with Gasteiger partial charge in [0.15, 0.2) is 0 Å². The molecule has 0 saturated carbocycles. The van der Waals surface area contributed by atoms with Gasteiger partial charge in [-0.3, -0.25) is 0 Å². The van der Waals surface area contributed by atoms with E-state index in [0.717, 1.165) is 5.33 Å². The van der Waals surface area contributed by atoms with E-state index >= 15 is 0 Å². The van der Waals surface area contributed by atoms with E-state index in [9.17, 15) is 13.2 Å². The predicted octanol–water partition coefficient (Wildman–Crippen LogP) is 2.61. The van der Waals surface area contributed by atoms with Crippen molar-refractivity contribution in [3.8, 4) is 0 Å². The van der Waals surface area contributed by atoms with Gasteiger partial charge in [-0.05, 0) is 18.8 Å². The molecule has 0 unspecified atom stereocenters. The molecule has 1 nitrogen and oxygen atoms in total. The molecule has 0 aliphatic carbocycles. The first-order valence-corrected chi connectivity index (χ1v) is 5.04. The number of halogens is 4. The van der Waals surface area contributed by atoms with Crippen LogP contribution in [0.25, 0.3) is 0 Å². The predicted molar refractivity (Wildman–Crippen MR) is 44.1 cm³/mol. The summed E-state index contributed by atoms with van der Waals surface area (Å²) < 4.78 is 36.3. The maximum atomic E-state index is 12.1. The molecule has 0 N–H and O–H groups in total. The summed E-state index contributed by atoms with van der Waals surface area (Å²) in [6.45, 7) is 0.305. The first kappa shape index (κ1) is 10.3. The first-order valence-electron chi connectivity index (χ1n) is 3.92. The molecule has 1 aliphatic rings. The third kappa shape index (κ3) is 2.62. The fourth-order valence-electron chi connectivity index (χ4n) is 1.34. The number of piperidine rings is 1. The Kier molecular flexibility index (Phi) is 3.40. The SMILES string of the molecule is FC(F)(F)N1CCC(CBr)CC1. The summed E-state index contributed by atoms with van der Waals surface area (Å²) in [6.07, 6.45) is -2.84. The molecule has 0 amide bonds. The molecule has 0 aromatic carbocycles. The lowest BCUT2D eigenvalue weighted by molar-refractivity contribution is -0.251. The number of hydrogen-bond acceptors (Lipinski definition) is 1. The summed E-state index contributed by atoms with van der Waals surface area (Å²) >= 11 is 3.28. The molecule has 1 rings (SSSR count). The fourth-order valence-corrected chi connectivity index (χ4v) is 1.99. The number of likely N-dealkylation sites (tertiary alicyclic amines) is 1. The second kappa shape index (κ2) is 3.96. The molecule has 1 fully saturated rings. The van der Waals surface area contributed by atoms with Crippen molar-refractivity contribution < 1.29 is 13.2 Å². The summed E-state index contributed by atoms with van der Waals surface area (Å²) in [5.74, 6) is 0.420. The number of alkyl halides is 4. The molecule has 72 valence electrons. The van der Waals surface area contributed by atoms with E-state index in [1.807, 2.05) is 0 Å². The van der Waals surface area contributed by atoms with Crippen LogP contribution in [0.4, 0.5) is 13.2 Å². The molecule has 12 heavy (non-hydrogen) atoms. The van der Waals surface area contributed by atoms with Crippen molar-refractivity contribution in [2.75, 3.05) is 18.4 Å². The van der Waals surface area contributed by atoms with Crippen LogP contribution in [0, 0.1) is 5.92 Å². The lowest BCUT2D eigenvalue weighted by Crippen LogP contribution is -2.43. The Morgan fingerprint density at radius 2 is 1.75 bits per heavy atom. The molecule has 0 radical (unpaired) electrons. The summed E-state index contributed by atoms with van der Waals surface area (Å²) in [7, 11) is 0. The van der Waals surface area contributed by atoms with Gasteiger partial charge in [0.2, 0.25) is 0 Å². The highest BCUT2D eigenvalue weighted by molar-refractivity contribution is 9.09. The Bertz CT molecular complexity index is 140. The minimum absolute atomic E-state index is 0.153. The molecule has 0 aromatic rings. The maximum Gasteiger partial charge on any atom is 0.459 e. The van der Waals surface area contributed by atoms with Gasteiger partial charge in [0.25, 0.3) is 0 Å². The van der Waals surface area contributed by atoms with E-state index in [1.165, 1.54) is 0 Å². The molecule has 0 atom stereocenters. The highest BCUT2D eigenvalue weighted by Crippen LogP contribution is 2.28. The van der Waals surface area contributed by atoms with Crippen LogP contribution in [0.2, 0.25) is 0 Å². The maximum absolute atomic E-state index is 12.1. The van der Waals surface area contributed by atoms with Gasteiger partial charge >= 0.3 is 6.30 Å². The number of rotatable bonds is 1. The Morgan fingerprint density at radius 1 is 1.25 bits per heavy atom. The monoisotopic (exact) mass is 245 g/mol. The average Bonchev–Trinajstić information content (AvgIpc) is 2.03. The highest BCUT2D eigenvalue weighted by Gasteiger charge is 2.38. The zero-order valence-electron chi connectivity index (χ0n) is 6.57. The largest absolute Gasteiger partial charge is 0.459 e. The van der Waals surface area contributed by atoms with Crippen LogP contribution in [0.15, 0.2) is 0 Å². The quantitative estimate of drug-likeness (QED) is 0.507. The third-order valence-electron chi connectivity index (χ3n) is 2.19. The van der Waals surface area contributed by atoms with Crippen molar-refractivity contribution in [1.82, 2.24) is 4.90 Å². The van der Waals surface area contributed by atoms with Gasteiger partial charge in [-0.25, -0.2) is 4.90 Å². The molecule has 0 spiro atoms. The second-order valence-corrected chi connectivity index (χ2v) is 3.70. The standard InChI is InChI=1S/C7H11BrF3N/c8-5-6-1-3-12(4-2-6)7(9,10)11/h6H,1-5H2. The van der Waals surface area contributed by atoms with Crippen molar-refractivity contribution in [2.24, 2.45) is 5.92 Å². The van der Waals surface area contributed by atoms with Crippen molar-refractivity contribution in [3.05, 3.63) is 0 Å². The molecule has 1 heterocycles. The highest BCUT2D eigenvalue weighted by atomic mass is 79.9. The number of nitrogens with zero attached hydrogens (tertiary/aromatic N) is 1. The van der Waals surface area contributed by atoms with E-state index in [1.54, 1.807) is 0 Å². The summed E-state index contributed by atoms with van der Waals surface area (Å²) in [6, 6.07) is 0. The summed E-state index contributed by atoms with van der Waals surface area (Å²) in [5.41, 5.74) is 0. The Morgan fingerprint density at radius 3 is 2.08 bits per heavy atom. The van der Waals surface area contributed by atoms with Crippen LogP contribution in [-0.4, -0.2) is 29.6 Å². The average molecular weight is 246 g/mol.